The van der Waals surface area contributed by atoms with Gasteiger partial charge in [0.05, 0.1) is 10.9 Å². The van der Waals surface area contributed by atoms with Crippen LogP contribution in [0.1, 0.15) is 39.0 Å². The number of nitrogens with two attached hydrogens (primary N) is 1. The number of hydrogen-bond donors (Lipinski definition) is 3. The molecule has 0 unspecified atom stereocenters. The van der Waals surface area contributed by atoms with Gasteiger partial charge in [-0.2, -0.15) is 0 Å². The molecule has 3 rings (SSSR count). The lowest BCUT2D eigenvalue weighted by Gasteiger charge is -2.47. The average molecular weight is 357 g/mol. The van der Waals surface area contributed by atoms with Gasteiger partial charge in [-0.05, 0) is 31.9 Å². The topological polar surface area (TPSA) is 84.2 Å². The van der Waals surface area contributed by atoms with Gasteiger partial charge in [0.1, 0.15) is 0 Å². The summed E-state index contributed by atoms with van der Waals surface area (Å²) in [5.41, 5.74) is 7.16. The molecule has 6 heteroatoms. The molecule has 0 bridgehead atoms. The van der Waals surface area contributed by atoms with Crippen molar-refractivity contribution >= 4 is 34.7 Å². The Hall–Kier alpha value is -2.21. The molecule has 0 saturated heterocycles. The van der Waals surface area contributed by atoms with Crippen molar-refractivity contribution in [3.63, 3.8) is 0 Å². The first-order valence-electron chi connectivity index (χ1n) is 8.63. The Bertz CT molecular complexity index is 736. The number of thiocarbonyl (C=S) groups is 1. The molecule has 0 radical (unpaired) electrons. The summed E-state index contributed by atoms with van der Waals surface area (Å²) in [6.45, 7) is 1.85. The fourth-order valence-corrected chi connectivity index (χ4v) is 4.82. The Morgan fingerprint density at radius 2 is 1.84 bits per heavy atom. The van der Waals surface area contributed by atoms with Gasteiger partial charge in [0, 0.05) is 22.4 Å². The van der Waals surface area contributed by atoms with Crippen molar-refractivity contribution in [3.05, 3.63) is 41.6 Å². The van der Waals surface area contributed by atoms with Crippen LogP contribution in [0.3, 0.4) is 0 Å². The minimum atomic E-state index is -0.636. The summed E-state index contributed by atoms with van der Waals surface area (Å²) < 4.78 is 0. The number of allylic oxidation sites excluding steroid dienone is 1. The van der Waals surface area contributed by atoms with Crippen molar-refractivity contribution in [1.82, 2.24) is 5.32 Å². The summed E-state index contributed by atoms with van der Waals surface area (Å²) in [7, 11) is 0. The van der Waals surface area contributed by atoms with E-state index in [1.165, 1.54) is 0 Å². The van der Waals surface area contributed by atoms with E-state index in [9.17, 15) is 9.59 Å². The van der Waals surface area contributed by atoms with Gasteiger partial charge in [-0.3, -0.25) is 9.59 Å². The van der Waals surface area contributed by atoms with Crippen molar-refractivity contribution in [2.45, 2.75) is 39.0 Å². The zero-order valence-corrected chi connectivity index (χ0v) is 15.1. The molecule has 4 N–H and O–H groups in total. The van der Waals surface area contributed by atoms with Crippen LogP contribution in [0.15, 0.2) is 41.6 Å². The first-order chi connectivity index (χ1) is 12.0. The van der Waals surface area contributed by atoms with E-state index in [0.29, 0.717) is 10.6 Å². The van der Waals surface area contributed by atoms with Crippen molar-refractivity contribution in [1.29, 1.82) is 0 Å². The molecule has 25 heavy (non-hydrogen) atoms. The van der Waals surface area contributed by atoms with Crippen molar-refractivity contribution in [2.24, 2.45) is 17.1 Å². The highest BCUT2D eigenvalue weighted by Crippen LogP contribution is 2.51. The minimum Gasteiger partial charge on any atom is -0.369 e. The van der Waals surface area contributed by atoms with E-state index in [-0.39, 0.29) is 5.91 Å². The number of primary amides is 1. The van der Waals surface area contributed by atoms with Gasteiger partial charge in [0.15, 0.2) is 0 Å². The van der Waals surface area contributed by atoms with E-state index < -0.39 is 17.2 Å². The van der Waals surface area contributed by atoms with Crippen LogP contribution in [0.5, 0.6) is 0 Å². The number of nitrogens with one attached hydrogen (secondary N) is 2. The Morgan fingerprint density at radius 1 is 1.20 bits per heavy atom. The minimum absolute atomic E-state index is 0.188. The van der Waals surface area contributed by atoms with Crippen molar-refractivity contribution in [2.75, 3.05) is 5.32 Å². The molecule has 1 aliphatic heterocycles. The standard InChI is InChI=1S/C19H23N3O2S/c1-12-14(17(24)22-13-8-4-2-5-9-13)19(10-6-3-7-11-19)15(16(20)23)18(25)21-12/h2,4-5,8-9,15H,3,6-7,10-11H2,1H3,(H2,20,23)(H,21,25)(H,22,24)/t15-/m0/s1. The fraction of sp³-hybridized carbons (Fsp3) is 0.421. The molecule has 1 heterocycles. The Morgan fingerprint density at radius 3 is 2.44 bits per heavy atom. The zero-order chi connectivity index (χ0) is 18.0. The molecule has 5 nitrogen and oxygen atoms in total. The number of rotatable bonds is 3. The van der Waals surface area contributed by atoms with Gasteiger partial charge in [-0.15, -0.1) is 0 Å². The second-order valence-electron chi connectivity index (χ2n) is 6.86. The van der Waals surface area contributed by atoms with E-state index >= 15 is 0 Å². The van der Waals surface area contributed by atoms with E-state index in [1.54, 1.807) is 0 Å². The van der Waals surface area contributed by atoms with E-state index in [1.807, 2.05) is 37.3 Å². The number of para-hydroxylation sites is 1. The SMILES string of the molecule is CC1=C(C(=O)Nc2ccccc2)C2(CCCCC2)[C@@H](C(N)=O)C(=S)N1. The molecule has 1 spiro atoms. The van der Waals surface area contributed by atoms with Crippen LogP contribution in [-0.4, -0.2) is 16.8 Å². The third kappa shape index (κ3) is 3.18. The quantitative estimate of drug-likeness (QED) is 0.726. The van der Waals surface area contributed by atoms with Gasteiger partial charge in [-0.25, -0.2) is 0 Å². The van der Waals surface area contributed by atoms with Crippen molar-refractivity contribution < 1.29 is 9.59 Å². The number of benzene rings is 1. The Labute approximate surface area is 153 Å². The molecule has 1 aromatic rings. The lowest BCUT2D eigenvalue weighted by molar-refractivity contribution is -0.124. The summed E-state index contributed by atoms with van der Waals surface area (Å²) >= 11 is 5.43. The van der Waals surface area contributed by atoms with Crippen LogP contribution >= 0.6 is 12.2 Å². The van der Waals surface area contributed by atoms with E-state index in [2.05, 4.69) is 10.6 Å². The molecular weight excluding hydrogens is 334 g/mol. The number of hydrogen-bond acceptors (Lipinski definition) is 3. The molecule has 1 atom stereocenters. The third-order valence-corrected chi connectivity index (χ3v) is 5.63. The van der Waals surface area contributed by atoms with Gasteiger partial charge in [0.2, 0.25) is 5.91 Å². The maximum atomic E-state index is 13.1. The van der Waals surface area contributed by atoms with E-state index in [4.69, 9.17) is 18.0 Å². The molecule has 1 aliphatic carbocycles. The van der Waals surface area contributed by atoms with Crippen LogP contribution in [0.25, 0.3) is 0 Å². The fourth-order valence-electron chi connectivity index (χ4n) is 4.32. The molecule has 132 valence electrons. The normalized spacial score (nSPS) is 22.4. The van der Waals surface area contributed by atoms with Crippen LogP contribution in [0, 0.1) is 11.3 Å². The van der Waals surface area contributed by atoms with Gasteiger partial charge >= 0.3 is 0 Å². The van der Waals surface area contributed by atoms with Gasteiger partial charge < -0.3 is 16.4 Å². The summed E-state index contributed by atoms with van der Waals surface area (Å²) in [6.07, 6.45) is 4.51. The van der Waals surface area contributed by atoms with Gasteiger partial charge in [-0.1, -0.05) is 49.7 Å². The van der Waals surface area contributed by atoms with E-state index in [0.717, 1.165) is 43.5 Å². The van der Waals surface area contributed by atoms with Crippen LogP contribution in [0.2, 0.25) is 0 Å². The summed E-state index contributed by atoms with van der Waals surface area (Å²) in [6, 6.07) is 9.31. The number of carbonyl (C=O) groups is 2. The first kappa shape index (κ1) is 17.6. The molecule has 2 amide bonds. The van der Waals surface area contributed by atoms with Gasteiger partial charge in [0.25, 0.3) is 5.91 Å². The number of amides is 2. The maximum Gasteiger partial charge on any atom is 0.253 e. The Kier molecular flexibility index (Phi) is 4.90. The number of carbonyl (C=O) groups excluding carboxylic acids is 2. The smallest absolute Gasteiger partial charge is 0.253 e. The molecule has 1 fully saturated rings. The van der Waals surface area contributed by atoms with Crippen LogP contribution in [-0.2, 0) is 9.59 Å². The highest BCUT2D eigenvalue weighted by atomic mass is 32.1. The monoisotopic (exact) mass is 357 g/mol. The molecule has 2 aliphatic rings. The molecular formula is C19H23N3O2S. The second-order valence-corrected chi connectivity index (χ2v) is 7.30. The zero-order valence-electron chi connectivity index (χ0n) is 14.3. The predicted octanol–water partition coefficient (Wildman–Crippen LogP) is 2.88. The number of anilines is 1. The highest BCUT2D eigenvalue weighted by Gasteiger charge is 2.52. The largest absolute Gasteiger partial charge is 0.369 e. The van der Waals surface area contributed by atoms with Crippen LogP contribution < -0.4 is 16.4 Å². The maximum absolute atomic E-state index is 13.1. The molecule has 0 aromatic heterocycles. The lowest BCUT2D eigenvalue weighted by atomic mass is 9.59. The Balaban J connectivity index is 2.04. The summed E-state index contributed by atoms with van der Waals surface area (Å²) in [5.74, 6) is -1.29. The second kappa shape index (κ2) is 6.96. The first-order valence-corrected chi connectivity index (χ1v) is 9.04. The summed E-state index contributed by atoms with van der Waals surface area (Å²) in [5, 5.41) is 6.00. The summed E-state index contributed by atoms with van der Waals surface area (Å²) in [4.78, 5) is 25.8. The van der Waals surface area contributed by atoms with Crippen molar-refractivity contribution in [3.8, 4) is 0 Å². The highest BCUT2D eigenvalue weighted by molar-refractivity contribution is 7.80. The molecule has 1 aromatic carbocycles. The van der Waals surface area contributed by atoms with Crippen LogP contribution in [0.4, 0.5) is 5.69 Å². The lowest BCUT2D eigenvalue weighted by Crippen LogP contribution is -2.55. The average Bonchev–Trinajstić information content (AvgIpc) is 2.55. The third-order valence-electron chi connectivity index (χ3n) is 5.29. The molecule has 1 saturated carbocycles. The predicted molar refractivity (Wildman–Crippen MR) is 102 cm³/mol.